The highest BCUT2D eigenvalue weighted by Crippen LogP contribution is 2.25. The van der Waals surface area contributed by atoms with E-state index in [1.165, 1.54) is 18.2 Å². The fraction of sp³-hybridized carbons (Fsp3) is 0.158. The number of aromatic nitrogens is 1. The van der Waals surface area contributed by atoms with Crippen molar-refractivity contribution in [3.63, 3.8) is 0 Å². The van der Waals surface area contributed by atoms with E-state index in [0.29, 0.717) is 22.6 Å². The highest BCUT2D eigenvalue weighted by Gasteiger charge is 2.15. The van der Waals surface area contributed by atoms with Crippen molar-refractivity contribution in [3.05, 3.63) is 76.0 Å². The maximum absolute atomic E-state index is 11.7. The Kier molecular flexibility index (Phi) is 5.46. The molecule has 0 amide bonds. The van der Waals surface area contributed by atoms with Crippen molar-refractivity contribution in [1.29, 1.82) is 0 Å². The lowest BCUT2D eigenvalue weighted by atomic mass is 10.1. The van der Waals surface area contributed by atoms with Crippen molar-refractivity contribution in [2.45, 2.75) is 13.5 Å². The molecule has 27 heavy (non-hydrogen) atoms. The lowest BCUT2D eigenvalue weighted by Crippen LogP contribution is -2.04. The Labute approximate surface area is 154 Å². The summed E-state index contributed by atoms with van der Waals surface area (Å²) in [5.74, 6) is 0.400. The summed E-state index contributed by atoms with van der Waals surface area (Å²) >= 11 is 0. The average molecular weight is 368 g/mol. The molecule has 0 aliphatic heterocycles. The molecule has 0 spiro atoms. The molecule has 1 aromatic heterocycles. The number of rotatable bonds is 7. The second-order valence-electron chi connectivity index (χ2n) is 5.54. The maximum atomic E-state index is 11.7. The van der Waals surface area contributed by atoms with Gasteiger partial charge >= 0.3 is 5.97 Å². The number of benzene rings is 2. The minimum atomic E-state index is -0.550. The van der Waals surface area contributed by atoms with Crippen LogP contribution in [0, 0.1) is 10.1 Å². The number of nitro groups is 1. The summed E-state index contributed by atoms with van der Waals surface area (Å²) in [4.78, 5) is 22.1. The zero-order valence-electron chi connectivity index (χ0n) is 14.5. The normalized spacial score (nSPS) is 10.4. The number of hydrogen-bond donors (Lipinski definition) is 0. The Hall–Kier alpha value is -3.68. The average Bonchev–Trinajstić information content (AvgIpc) is 3.17. The summed E-state index contributed by atoms with van der Waals surface area (Å²) < 4.78 is 15.8. The fourth-order valence-corrected chi connectivity index (χ4v) is 2.38. The van der Waals surface area contributed by atoms with Crippen LogP contribution >= 0.6 is 0 Å². The molecule has 8 nitrogen and oxygen atoms in total. The summed E-state index contributed by atoms with van der Waals surface area (Å²) in [7, 11) is 0. The molecule has 0 saturated carbocycles. The second kappa shape index (κ2) is 8.13. The zero-order valence-corrected chi connectivity index (χ0v) is 14.5. The lowest BCUT2D eigenvalue weighted by molar-refractivity contribution is -0.384. The third-order valence-corrected chi connectivity index (χ3v) is 3.64. The minimum absolute atomic E-state index is 0.0120. The Morgan fingerprint density at radius 1 is 1.19 bits per heavy atom. The monoisotopic (exact) mass is 368 g/mol. The van der Waals surface area contributed by atoms with Gasteiger partial charge in [0.15, 0.2) is 11.5 Å². The largest absolute Gasteiger partial charge is 0.489 e. The van der Waals surface area contributed by atoms with Gasteiger partial charge < -0.3 is 14.0 Å². The quantitative estimate of drug-likeness (QED) is 0.352. The number of carbonyl (C=O) groups excluding carboxylic acids is 1. The van der Waals surface area contributed by atoms with E-state index in [-0.39, 0.29) is 24.6 Å². The van der Waals surface area contributed by atoms with E-state index in [4.69, 9.17) is 14.0 Å². The molecule has 2 aromatic carbocycles. The first-order valence-electron chi connectivity index (χ1n) is 8.17. The molecular formula is C19H16N2O6. The van der Waals surface area contributed by atoms with Gasteiger partial charge in [-0.2, -0.15) is 0 Å². The van der Waals surface area contributed by atoms with Crippen LogP contribution in [0.4, 0.5) is 5.69 Å². The molecule has 0 bridgehead atoms. The SMILES string of the molecule is CCOC(=O)c1cc(-c2cccc(OCc3cccc([N+](=O)[O-])c3)c2)on1. The first-order valence-corrected chi connectivity index (χ1v) is 8.17. The van der Waals surface area contributed by atoms with Crippen LogP contribution in [0.1, 0.15) is 23.0 Å². The molecule has 0 unspecified atom stereocenters. The van der Waals surface area contributed by atoms with E-state index in [1.54, 1.807) is 43.3 Å². The summed E-state index contributed by atoms with van der Waals surface area (Å²) in [6.07, 6.45) is 0. The van der Waals surface area contributed by atoms with Gasteiger partial charge in [-0.1, -0.05) is 29.4 Å². The first-order chi connectivity index (χ1) is 13.1. The highest BCUT2D eigenvalue weighted by atomic mass is 16.6. The summed E-state index contributed by atoms with van der Waals surface area (Å²) in [5, 5.41) is 14.5. The van der Waals surface area contributed by atoms with E-state index in [2.05, 4.69) is 5.16 Å². The first kappa shape index (κ1) is 18.1. The van der Waals surface area contributed by atoms with Gasteiger partial charge in [-0.15, -0.1) is 0 Å². The molecule has 3 rings (SSSR count). The molecule has 0 fully saturated rings. The zero-order chi connectivity index (χ0) is 19.2. The topological polar surface area (TPSA) is 105 Å². The van der Waals surface area contributed by atoms with E-state index in [9.17, 15) is 14.9 Å². The van der Waals surface area contributed by atoms with Gasteiger partial charge in [-0.25, -0.2) is 4.79 Å². The molecule has 1 heterocycles. The molecule has 0 aliphatic rings. The lowest BCUT2D eigenvalue weighted by Gasteiger charge is -2.07. The van der Waals surface area contributed by atoms with Gasteiger partial charge in [0.05, 0.1) is 11.5 Å². The van der Waals surface area contributed by atoms with Crippen LogP contribution in [0.2, 0.25) is 0 Å². The molecular weight excluding hydrogens is 352 g/mol. The van der Waals surface area contributed by atoms with Gasteiger partial charge in [0.2, 0.25) is 0 Å². The van der Waals surface area contributed by atoms with Crippen LogP contribution in [0.3, 0.4) is 0 Å². The van der Waals surface area contributed by atoms with E-state index in [1.807, 2.05) is 0 Å². The number of non-ortho nitro benzene ring substituents is 1. The van der Waals surface area contributed by atoms with E-state index < -0.39 is 10.9 Å². The molecule has 3 aromatic rings. The Morgan fingerprint density at radius 2 is 2.00 bits per heavy atom. The summed E-state index contributed by atoms with van der Waals surface area (Å²) in [6.45, 7) is 2.14. The van der Waals surface area contributed by atoms with Crippen LogP contribution < -0.4 is 4.74 Å². The maximum Gasteiger partial charge on any atom is 0.360 e. The fourth-order valence-electron chi connectivity index (χ4n) is 2.38. The molecule has 138 valence electrons. The highest BCUT2D eigenvalue weighted by molar-refractivity contribution is 5.88. The summed E-state index contributed by atoms with van der Waals surface area (Å²) in [5.41, 5.74) is 1.46. The van der Waals surface area contributed by atoms with E-state index >= 15 is 0 Å². The van der Waals surface area contributed by atoms with Gasteiger partial charge in [-0.3, -0.25) is 10.1 Å². The number of carbonyl (C=O) groups is 1. The molecule has 8 heteroatoms. The van der Waals surface area contributed by atoms with Crippen molar-refractivity contribution in [2.75, 3.05) is 6.61 Å². The Morgan fingerprint density at radius 3 is 2.78 bits per heavy atom. The molecule has 0 radical (unpaired) electrons. The molecule has 0 aliphatic carbocycles. The van der Waals surface area contributed by atoms with Gasteiger partial charge in [-0.05, 0) is 24.6 Å². The Balaban J connectivity index is 1.71. The predicted molar refractivity (Wildman–Crippen MR) is 95.3 cm³/mol. The molecule has 0 N–H and O–H groups in total. The van der Waals surface area contributed by atoms with Crippen molar-refractivity contribution < 1.29 is 23.7 Å². The number of ether oxygens (including phenoxy) is 2. The smallest absolute Gasteiger partial charge is 0.360 e. The van der Waals surface area contributed by atoms with E-state index in [0.717, 1.165) is 0 Å². The Bertz CT molecular complexity index is 966. The van der Waals surface area contributed by atoms with Crippen LogP contribution in [0.25, 0.3) is 11.3 Å². The third-order valence-electron chi connectivity index (χ3n) is 3.64. The standard InChI is InChI=1S/C19H16N2O6/c1-2-25-19(22)17-11-18(27-20-17)14-6-4-8-16(10-14)26-12-13-5-3-7-15(9-13)21(23)24/h3-11H,2,12H2,1H3. The third kappa shape index (κ3) is 4.49. The number of nitro benzene ring substituents is 1. The second-order valence-corrected chi connectivity index (χ2v) is 5.54. The van der Waals surface area contributed by atoms with Crippen LogP contribution in [0.15, 0.2) is 59.1 Å². The van der Waals surface area contributed by atoms with Crippen LogP contribution in [-0.4, -0.2) is 22.7 Å². The summed E-state index contributed by atoms with van der Waals surface area (Å²) in [6, 6.07) is 14.8. The number of nitrogens with zero attached hydrogens (tertiary/aromatic N) is 2. The van der Waals surface area contributed by atoms with Crippen molar-refractivity contribution >= 4 is 11.7 Å². The molecule has 0 atom stereocenters. The van der Waals surface area contributed by atoms with Crippen LogP contribution in [0.5, 0.6) is 5.75 Å². The molecule has 0 saturated heterocycles. The van der Waals surface area contributed by atoms with Gasteiger partial charge in [0.1, 0.15) is 12.4 Å². The van der Waals surface area contributed by atoms with Crippen molar-refractivity contribution in [2.24, 2.45) is 0 Å². The van der Waals surface area contributed by atoms with Gasteiger partial charge in [0, 0.05) is 23.8 Å². The predicted octanol–water partition coefficient (Wildman–Crippen LogP) is 4.01. The minimum Gasteiger partial charge on any atom is -0.489 e. The number of hydrogen-bond acceptors (Lipinski definition) is 7. The number of esters is 1. The van der Waals surface area contributed by atoms with Crippen molar-refractivity contribution in [1.82, 2.24) is 5.16 Å². The van der Waals surface area contributed by atoms with Gasteiger partial charge in [0.25, 0.3) is 5.69 Å². The van der Waals surface area contributed by atoms with Crippen molar-refractivity contribution in [3.8, 4) is 17.1 Å². The van der Waals surface area contributed by atoms with Crippen LogP contribution in [-0.2, 0) is 11.3 Å².